The SMILES string of the molecule is CCN(C(=O)c1cc(Nc2cccc3cccnc23)nc(C)n1)c1ccccc1. The highest BCUT2D eigenvalue weighted by Gasteiger charge is 2.19. The molecule has 2 aromatic carbocycles. The summed E-state index contributed by atoms with van der Waals surface area (Å²) in [5.74, 6) is 0.919. The Morgan fingerprint density at radius 2 is 1.79 bits per heavy atom. The molecule has 0 bridgehead atoms. The van der Waals surface area contributed by atoms with Crippen LogP contribution >= 0.6 is 0 Å². The van der Waals surface area contributed by atoms with Gasteiger partial charge in [-0.05, 0) is 38.1 Å². The molecular weight excluding hydrogens is 362 g/mol. The number of benzene rings is 2. The van der Waals surface area contributed by atoms with E-state index in [1.807, 2.05) is 67.6 Å². The van der Waals surface area contributed by atoms with Gasteiger partial charge in [0.15, 0.2) is 0 Å². The van der Waals surface area contributed by atoms with Crippen LogP contribution in [0.4, 0.5) is 17.2 Å². The maximum atomic E-state index is 13.1. The second-order valence-electron chi connectivity index (χ2n) is 6.58. The van der Waals surface area contributed by atoms with Gasteiger partial charge in [0.25, 0.3) is 5.91 Å². The number of amides is 1. The summed E-state index contributed by atoms with van der Waals surface area (Å²) in [6, 6.07) is 21.1. The number of nitrogens with one attached hydrogen (secondary N) is 1. The van der Waals surface area contributed by atoms with Gasteiger partial charge < -0.3 is 10.2 Å². The minimum Gasteiger partial charge on any atom is -0.338 e. The second kappa shape index (κ2) is 8.06. The Labute approximate surface area is 169 Å². The fourth-order valence-electron chi connectivity index (χ4n) is 3.27. The monoisotopic (exact) mass is 383 g/mol. The Hall–Kier alpha value is -3.80. The Morgan fingerprint density at radius 3 is 2.59 bits per heavy atom. The van der Waals surface area contributed by atoms with Crippen molar-refractivity contribution in [2.45, 2.75) is 13.8 Å². The first kappa shape index (κ1) is 18.6. The fraction of sp³-hybridized carbons (Fsp3) is 0.130. The van der Waals surface area contributed by atoms with E-state index in [0.717, 1.165) is 22.3 Å². The lowest BCUT2D eigenvalue weighted by Crippen LogP contribution is -2.31. The van der Waals surface area contributed by atoms with Crippen molar-refractivity contribution < 1.29 is 4.79 Å². The molecule has 6 heteroatoms. The van der Waals surface area contributed by atoms with E-state index >= 15 is 0 Å². The summed E-state index contributed by atoms with van der Waals surface area (Å²) in [6.45, 7) is 4.27. The highest BCUT2D eigenvalue weighted by atomic mass is 16.2. The molecule has 1 amide bonds. The molecule has 0 fully saturated rings. The van der Waals surface area contributed by atoms with Crippen molar-refractivity contribution >= 4 is 34.0 Å². The van der Waals surface area contributed by atoms with Gasteiger partial charge in [0.2, 0.25) is 0 Å². The third-order valence-corrected chi connectivity index (χ3v) is 4.58. The van der Waals surface area contributed by atoms with E-state index in [9.17, 15) is 4.79 Å². The largest absolute Gasteiger partial charge is 0.338 e. The molecule has 4 aromatic rings. The number of aryl methyl sites for hydroxylation is 1. The molecule has 0 saturated heterocycles. The van der Waals surface area contributed by atoms with E-state index in [-0.39, 0.29) is 5.91 Å². The summed E-state index contributed by atoms with van der Waals surface area (Å²) in [5.41, 5.74) is 2.86. The van der Waals surface area contributed by atoms with Crippen molar-refractivity contribution in [1.29, 1.82) is 0 Å². The minimum absolute atomic E-state index is 0.164. The topological polar surface area (TPSA) is 71.0 Å². The maximum absolute atomic E-state index is 13.1. The van der Waals surface area contributed by atoms with Gasteiger partial charge >= 0.3 is 0 Å². The van der Waals surface area contributed by atoms with Crippen LogP contribution in [-0.2, 0) is 0 Å². The number of carbonyl (C=O) groups is 1. The van der Waals surface area contributed by atoms with Gasteiger partial charge in [0.05, 0.1) is 11.2 Å². The Balaban J connectivity index is 1.68. The molecule has 0 radical (unpaired) electrons. The van der Waals surface area contributed by atoms with Crippen LogP contribution in [0.3, 0.4) is 0 Å². The van der Waals surface area contributed by atoms with E-state index < -0.39 is 0 Å². The van der Waals surface area contributed by atoms with Crippen molar-refractivity contribution in [2.24, 2.45) is 0 Å². The second-order valence-corrected chi connectivity index (χ2v) is 6.58. The molecule has 144 valence electrons. The van der Waals surface area contributed by atoms with E-state index in [1.165, 1.54) is 0 Å². The highest BCUT2D eigenvalue weighted by molar-refractivity contribution is 6.05. The van der Waals surface area contributed by atoms with Gasteiger partial charge in [-0.2, -0.15) is 0 Å². The lowest BCUT2D eigenvalue weighted by atomic mass is 10.2. The average Bonchev–Trinajstić information content (AvgIpc) is 2.75. The van der Waals surface area contributed by atoms with Crippen LogP contribution in [0.25, 0.3) is 10.9 Å². The van der Waals surface area contributed by atoms with Crippen molar-refractivity contribution in [1.82, 2.24) is 15.0 Å². The lowest BCUT2D eigenvalue weighted by molar-refractivity contribution is 0.0983. The molecule has 2 aromatic heterocycles. The first-order chi connectivity index (χ1) is 14.2. The molecular formula is C23H21N5O. The predicted octanol–water partition coefficient (Wildman–Crippen LogP) is 4.74. The molecule has 29 heavy (non-hydrogen) atoms. The number of carbonyl (C=O) groups excluding carboxylic acids is 1. The van der Waals surface area contributed by atoms with Gasteiger partial charge in [-0.1, -0.05) is 36.4 Å². The average molecular weight is 383 g/mol. The van der Waals surface area contributed by atoms with Crippen LogP contribution in [0.1, 0.15) is 23.2 Å². The molecule has 0 unspecified atom stereocenters. The molecule has 6 nitrogen and oxygen atoms in total. The molecule has 0 atom stereocenters. The van der Waals surface area contributed by atoms with Crippen molar-refractivity contribution in [3.8, 4) is 0 Å². The van der Waals surface area contributed by atoms with Crippen LogP contribution in [0.2, 0.25) is 0 Å². The molecule has 1 N–H and O–H groups in total. The zero-order chi connectivity index (χ0) is 20.2. The lowest BCUT2D eigenvalue weighted by Gasteiger charge is -2.21. The number of nitrogens with zero attached hydrogens (tertiary/aromatic N) is 4. The first-order valence-corrected chi connectivity index (χ1v) is 9.49. The van der Waals surface area contributed by atoms with E-state index in [2.05, 4.69) is 20.3 Å². The van der Waals surface area contributed by atoms with E-state index in [0.29, 0.717) is 23.9 Å². The normalized spacial score (nSPS) is 10.7. The zero-order valence-corrected chi connectivity index (χ0v) is 16.3. The number of aromatic nitrogens is 3. The van der Waals surface area contributed by atoms with Gasteiger partial charge in [-0.15, -0.1) is 0 Å². The Morgan fingerprint density at radius 1 is 1.00 bits per heavy atom. The molecule has 2 heterocycles. The van der Waals surface area contributed by atoms with Crippen LogP contribution < -0.4 is 10.2 Å². The van der Waals surface area contributed by atoms with Crippen LogP contribution in [0.15, 0.2) is 72.9 Å². The van der Waals surface area contributed by atoms with Crippen molar-refractivity contribution in [3.63, 3.8) is 0 Å². The van der Waals surface area contributed by atoms with Crippen molar-refractivity contribution in [2.75, 3.05) is 16.8 Å². The Kier molecular flexibility index (Phi) is 5.16. The summed E-state index contributed by atoms with van der Waals surface area (Å²) in [4.78, 5) is 28.1. The van der Waals surface area contributed by atoms with Crippen LogP contribution in [0.5, 0.6) is 0 Å². The molecule has 0 aliphatic carbocycles. The maximum Gasteiger partial charge on any atom is 0.277 e. The third kappa shape index (κ3) is 3.91. The summed E-state index contributed by atoms with van der Waals surface area (Å²) in [5, 5.41) is 4.32. The number of hydrogen-bond donors (Lipinski definition) is 1. The predicted molar refractivity (Wildman–Crippen MR) is 116 cm³/mol. The summed E-state index contributed by atoms with van der Waals surface area (Å²) in [6.07, 6.45) is 1.76. The number of pyridine rings is 1. The zero-order valence-electron chi connectivity index (χ0n) is 16.3. The number of hydrogen-bond acceptors (Lipinski definition) is 5. The number of fused-ring (bicyclic) bond motifs is 1. The standard InChI is InChI=1S/C23H21N5O/c1-3-28(18-11-5-4-6-12-18)23(29)20-15-21(26-16(2)25-20)27-19-13-7-9-17-10-8-14-24-22(17)19/h4-15H,3H2,1-2H3,(H,25,26,27). The number of rotatable bonds is 5. The smallest absolute Gasteiger partial charge is 0.277 e. The molecule has 0 aliphatic rings. The molecule has 0 spiro atoms. The summed E-state index contributed by atoms with van der Waals surface area (Å²) < 4.78 is 0. The van der Waals surface area contributed by atoms with Gasteiger partial charge in [0.1, 0.15) is 17.3 Å². The van der Waals surface area contributed by atoms with Crippen molar-refractivity contribution in [3.05, 3.63) is 84.4 Å². The van der Waals surface area contributed by atoms with E-state index in [1.54, 1.807) is 24.1 Å². The Bertz CT molecular complexity index is 1150. The summed E-state index contributed by atoms with van der Waals surface area (Å²) in [7, 11) is 0. The van der Waals surface area contributed by atoms with Crippen LogP contribution in [0, 0.1) is 6.92 Å². The third-order valence-electron chi connectivity index (χ3n) is 4.58. The number of anilines is 3. The number of para-hydroxylation sites is 2. The van der Waals surface area contributed by atoms with Gasteiger partial charge in [-0.25, -0.2) is 9.97 Å². The van der Waals surface area contributed by atoms with Gasteiger partial charge in [-0.3, -0.25) is 9.78 Å². The fourth-order valence-corrected chi connectivity index (χ4v) is 3.27. The molecule has 4 rings (SSSR count). The molecule has 0 saturated carbocycles. The van der Waals surface area contributed by atoms with Gasteiger partial charge in [0, 0.05) is 29.9 Å². The minimum atomic E-state index is -0.164. The highest BCUT2D eigenvalue weighted by Crippen LogP contribution is 2.24. The van der Waals surface area contributed by atoms with E-state index in [4.69, 9.17) is 0 Å². The first-order valence-electron chi connectivity index (χ1n) is 9.49. The summed E-state index contributed by atoms with van der Waals surface area (Å²) >= 11 is 0. The molecule has 0 aliphatic heterocycles. The quantitative estimate of drug-likeness (QED) is 0.539. The van der Waals surface area contributed by atoms with Crippen LogP contribution in [-0.4, -0.2) is 27.4 Å².